The fraction of sp³-hybridized carbons (Fsp3) is 0.333. The third kappa shape index (κ3) is 4.25. The number of ether oxygens (including phenoxy) is 1. The average Bonchev–Trinajstić information content (AvgIpc) is 3.43. The SMILES string of the molecule is CN(C)C=Nc1ncnc2c1ccn2[C@H]1CC[C@@H](COc2ccc3cc(Cl)cnc3c2)C1. The molecule has 0 unspecified atom stereocenters. The Morgan fingerprint density at radius 1 is 1.19 bits per heavy atom. The maximum atomic E-state index is 6.12. The van der Waals surface area contributed by atoms with E-state index in [-0.39, 0.29) is 0 Å². The fourth-order valence-electron chi connectivity index (χ4n) is 4.36. The molecule has 2 atom stereocenters. The van der Waals surface area contributed by atoms with Crippen molar-refractivity contribution in [2.75, 3.05) is 20.7 Å². The first kappa shape index (κ1) is 20.7. The Balaban J connectivity index is 1.26. The van der Waals surface area contributed by atoms with Crippen LogP contribution in [0.3, 0.4) is 0 Å². The van der Waals surface area contributed by atoms with E-state index in [2.05, 4.69) is 36.8 Å². The molecule has 0 N–H and O–H groups in total. The first-order valence-electron chi connectivity index (χ1n) is 10.8. The van der Waals surface area contributed by atoms with Crippen LogP contribution >= 0.6 is 11.6 Å². The molecule has 4 aromatic rings. The highest BCUT2D eigenvalue weighted by Gasteiger charge is 2.27. The fourth-order valence-corrected chi connectivity index (χ4v) is 4.52. The van der Waals surface area contributed by atoms with E-state index in [4.69, 9.17) is 16.3 Å². The summed E-state index contributed by atoms with van der Waals surface area (Å²) in [5, 5.41) is 2.64. The van der Waals surface area contributed by atoms with Crippen molar-refractivity contribution in [3.05, 3.63) is 54.1 Å². The van der Waals surface area contributed by atoms with E-state index in [0.29, 0.717) is 29.4 Å². The first-order chi connectivity index (χ1) is 15.6. The third-order valence-corrected chi connectivity index (χ3v) is 6.12. The standard InChI is InChI=1S/C24H25ClN6O/c1-30(2)15-29-23-21-7-8-31(24(21)28-14-27-23)19-5-3-16(9-19)13-32-20-6-4-17-10-18(25)12-26-22(17)11-20/h4,6-8,10-12,14-16,19H,3,5,9,13H2,1-2H3/t16-,19+/m1/s1. The van der Waals surface area contributed by atoms with Gasteiger partial charge in [0, 0.05) is 44.0 Å². The minimum Gasteiger partial charge on any atom is -0.493 e. The molecule has 0 radical (unpaired) electrons. The molecule has 1 fully saturated rings. The second-order valence-corrected chi connectivity index (χ2v) is 8.95. The molecule has 1 aliphatic carbocycles. The number of pyridine rings is 1. The topological polar surface area (TPSA) is 68.4 Å². The minimum atomic E-state index is 0.405. The van der Waals surface area contributed by atoms with Crippen molar-refractivity contribution in [3.63, 3.8) is 0 Å². The van der Waals surface area contributed by atoms with Crippen molar-refractivity contribution < 1.29 is 4.74 Å². The van der Waals surface area contributed by atoms with Crippen LogP contribution in [0.5, 0.6) is 5.75 Å². The molecular weight excluding hydrogens is 424 g/mol. The highest BCUT2D eigenvalue weighted by atomic mass is 35.5. The van der Waals surface area contributed by atoms with Crippen molar-refractivity contribution in [3.8, 4) is 5.75 Å². The van der Waals surface area contributed by atoms with E-state index < -0.39 is 0 Å². The maximum absolute atomic E-state index is 6.12. The molecule has 164 valence electrons. The molecule has 32 heavy (non-hydrogen) atoms. The summed E-state index contributed by atoms with van der Waals surface area (Å²) < 4.78 is 8.40. The predicted molar refractivity (Wildman–Crippen MR) is 128 cm³/mol. The van der Waals surface area contributed by atoms with Crippen molar-refractivity contribution in [2.45, 2.75) is 25.3 Å². The molecule has 7 nitrogen and oxygen atoms in total. The molecule has 0 aliphatic heterocycles. The Labute approximate surface area is 191 Å². The second-order valence-electron chi connectivity index (χ2n) is 8.52. The van der Waals surface area contributed by atoms with Gasteiger partial charge in [-0.3, -0.25) is 4.98 Å². The Bertz CT molecular complexity index is 1280. The molecule has 0 bridgehead atoms. The summed E-state index contributed by atoms with van der Waals surface area (Å²) in [6.45, 7) is 0.697. The first-order valence-corrected chi connectivity index (χ1v) is 11.1. The van der Waals surface area contributed by atoms with Gasteiger partial charge in [-0.1, -0.05) is 11.6 Å². The lowest BCUT2D eigenvalue weighted by Gasteiger charge is -2.15. The summed E-state index contributed by atoms with van der Waals surface area (Å²) in [4.78, 5) is 19.6. The molecule has 1 aromatic carbocycles. The van der Waals surface area contributed by atoms with Crippen LogP contribution in [0.1, 0.15) is 25.3 Å². The number of hydrogen-bond acceptors (Lipinski definition) is 5. The summed E-state index contributed by atoms with van der Waals surface area (Å²) >= 11 is 6.02. The normalized spacial score (nSPS) is 18.7. The number of hydrogen-bond donors (Lipinski definition) is 0. The smallest absolute Gasteiger partial charge is 0.166 e. The monoisotopic (exact) mass is 448 g/mol. The van der Waals surface area contributed by atoms with Gasteiger partial charge in [-0.15, -0.1) is 0 Å². The predicted octanol–water partition coefficient (Wildman–Crippen LogP) is 5.27. The van der Waals surface area contributed by atoms with Gasteiger partial charge in [-0.05, 0) is 49.4 Å². The summed E-state index contributed by atoms with van der Waals surface area (Å²) in [5.41, 5.74) is 1.83. The number of rotatable bonds is 6. The van der Waals surface area contributed by atoms with Crippen LogP contribution < -0.4 is 4.74 Å². The lowest BCUT2D eigenvalue weighted by Crippen LogP contribution is -2.10. The van der Waals surface area contributed by atoms with Crippen molar-refractivity contribution in [2.24, 2.45) is 10.9 Å². The van der Waals surface area contributed by atoms with Crippen molar-refractivity contribution >= 4 is 45.7 Å². The number of benzene rings is 1. The summed E-state index contributed by atoms with van der Waals surface area (Å²) in [6.07, 6.45) is 10.4. The van der Waals surface area contributed by atoms with Crippen LogP contribution in [0.25, 0.3) is 21.9 Å². The number of aliphatic imine (C=N–C) groups is 1. The van der Waals surface area contributed by atoms with Gasteiger partial charge in [0.05, 0.1) is 28.9 Å². The van der Waals surface area contributed by atoms with Crippen molar-refractivity contribution in [1.82, 2.24) is 24.4 Å². The Morgan fingerprint density at radius 3 is 2.97 bits per heavy atom. The minimum absolute atomic E-state index is 0.405. The molecule has 0 saturated heterocycles. The zero-order valence-electron chi connectivity index (χ0n) is 18.1. The summed E-state index contributed by atoms with van der Waals surface area (Å²) in [6, 6.07) is 10.3. The zero-order valence-corrected chi connectivity index (χ0v) is 18.9. The molecular formula is C24H25ClN6O. The molecule has 1 saturated carbocycles. The van der Waals surface area contributed by atoms with E-state index in [1.165, 1.54) is 0 Å². The number of aromatic nitrogens is 4. The van der Waals surface area contributed by atoms with Gasteiger partial charge in [-0.2, -0.15) is 0 Å². The van der Waals surface area contributed by atoms with E-state index >= 15 is 0 Å². The van der Waals surface area contributed by atoms with Gasteiger partial charge in [0.1, 0.15) is 17.7 Å². The van der Waals surface area contributed by atoms with Crippen LogP contribution in [-0.4, -0.2) is 51.5 Å². The summed E-state index contributed by atoms with van der Waals surface area (Å²) in [7, 11) is 3.88. The largest absolute Gasteiger partial charge is 0.493 e. The third-order valence-electron chi connectivity index (χ3n) is 5.91. The molecule has 3 aromatic heterocycles. The quantitative estimate of drug-likeness (QED) is 0.296. The highest BCUT2D eigenvalue weighted by molar-refractivity contribution is 6.31. The van der Waals surface area contributed by atoms with Gasteiger partial charge in [0.25, 0.3) is 0 Å². The van der Waals surface area contributed by atoms with Crippen LogP contribution in [0.15, 0.2) is 54.0 Å². The van der Waals surface area contributed by atoms with E-state index in [1.54, 1.807) is 18.9 Å². The lowest BCUT2D eigenvalue weighted by atomic mass is 10.1. The average molecular weight is 449 g/mol. The Hall–Kier alpha value is -3.19. The molecule has 3 heterocycles. The lowest BCUT2D eigenvalue weighted by molar-refractivity contribution is 0.248. The zero-order chi connectivity index (χ0) is 22.1. The van der Waals surface area contributed by atoms with Crippen LogP contribution in [0, 0.1) is 5.92 Å². The van der Waals surface area contributed by atoms with Crippen LogP contribution in [0.4, 0.5) is 5.82 Å². The van der Waals surface area contributed by atoms with Gasteiger partial charge in [0.15, 0.2) is 5.82 Å². The van der Waals surface area contributed by atoms with Crippen molar-refractivity contribution in [1.29, 1.82) is 0 Å². The molecule has 5 rings (SSSR count). The van der Waals surface area contributed by atoms with E-state index in [0.717, 1.165) is 46.9 Å². The van der Waals surface area contributed by atoms with E-state index in [9.17, 15) is 0 Å². The molecule has 8 heteroatoms. The molecule has 1 aliphatic rings. The number of fused-ring (bicyclic) bond motifs is 2. The number of halogens is 1. The Kier molecular flexibility index (Phi) is 5.66. The molecule has 0 spiro atoms. The van der Waals surface area contributed by atoms with Crippen LogP contribution in [0.2, 0.25) is 5.02 Å². The van der Waals surface area contributed by atoms with Gasteiger partial charge in [0.2, 0.25) is 0 Å². The van der Waals surface area contributed by atoms with Gasteiger partial charge < -0.3 is 14.2 Å². The highest BCUT2D eigenvalue weighted by Crippen LogP contribution is 2.37. The van der Waals surface area contributed by atoms with Gasteiger partial charge >= 0.3 is 0 Å². The molecule has 0 amide bonds. The van der Waals surface area contributed by atoms with Gasteiger partial charge in [-0.25, -0.2) is 15.0 Å². The maximum Gasteiger partial charge on any atom is 0.166 e. The van der Waals surface area contributed by atoms with Crippen LogP contribution in [-0.2, 0) is 0 Å². The Morgan fingerprint density at radius 2 is 2.09 bits per heavy atom. The number of nitrogens with zero attached hydrogens (tertiary/aromatic N) is 6. The summed E-state index contributed by atoms with van der Waals surface area (Å²) in [5.74, 6) is 2.05. The second kappa shape index (κ2) is 8.74. The van der Waals surface area contributed by atoms with E-state index in [1.807, 2.05) is 43.3 Å².